The fourth-order valence-corrected chi connectivity index (χ4v) is 3.75. The molecule has 0 bridgehead atoms. The van der Waals surface area contributed by atoms with E-state index in [1.165, 1.54) is 17.8 Å². The Kier molecular flexibility index (Phi) is 8.45. The normalized spacial score (nSPS) is 12.6. The first-order valence-corrected chi connectivity index (χ1v) is 11.3. The molecular formula is C18H23ClFN3O3S2. The zero-order chi connectivity index (χ0) is 20.7. The summed E-state index contributed by atoms with van der Waals surface area (Å²) < 4.78 is 24.8. The molecule has 6 nitrogen and oxygen atoms in total. The molecule has 0 aliphatic rings. The van der Waals surface area contributed by atoms with Crippen LogP contribution in [0.4, 0.5) is 9.18 Å². The van der Waals surface area contributed by atoms with Crippen LogP contribution in [0.3, 0.4) is 0 Å². The number of carbonyl (C=O) groups excluding carboxylic acids is 1. The van der Waals surface area contributed by atoms with Crippen molar-refractivity contribution >= 4 is 41.2 Å². The number of ether oxygens (including phenoxy) is 1. The van der Waals surface area contributed by atoms with Crippen LogP contribution in [0.25, 0.3) is 0 Å². The standard InChI is InChI=1S/C18H23ClFN3O3S2/c1-18(2,3)26-16(24)21-14(8-9-27-4)15-22-23-17(25-15)28-10-11-12(19)6-5-7-13(11)20/h5-7,14H,8-10H2,1-4H3,(H,21,24). The number of alkyl carbamates (subject to hydrolysis) is 1. The summed E-state index contributed by atoms with van der Waals surface area (Å²) in [5.41, 5.74) is -0.233. The molecule has 10 heteroatoms. The third kappa shape index (κ3) is 7.18. The van der Waals surface area contributed by atoms with Crippen molar-refractivity contribution in [2.75, 3.05) is 12.0 Å². The Morgan fingerprint density at radius 1 is 1.39 bits per heavy atom. The Morgan fingerprint density at radius 2 is 2.14 bits per heavy atom. The fraction of sp³-hybridized carbons (Fsp3) is 0.500. The van der Waals surface area contributed by atoms with Crippen LogP contribution in [0.15, 0.2) is 27.8 Å². The lowest BCUT2D eigenvalue weighted by molar-refractivity contribution is 0.0493. The van der Waals surface area contributed by atoms with Crippen LogP contribution in [-0.4, -0.2) is 33.9 Å². The zero-order valence-electron chi connectivity index (χ0n) is 16.1. The third-order valence-electron chi connectivity index (χ3n) is 3.42. The van der Waals surface area contributed by atoms with Crippen molar-refractivity contribution in [1.82, 2.24) is 15.5 Å². The van der Waals surface area contributed by atoms with Crippen LogP contribution in [-0.2, 0) is 10.5 Å². The number of hydrogen-bond donors (Lipinski definition) is 1. The number of nitrogens with zero attached hydrogens (tertiary/aromatic N) is 2. The summed E-state index contributed by atoms with van der Waals surface area (Å²) in [5.74, 6) is 0.935. The van der Waals surface area contributed by atoms with Gasteiger partial charge in [-0.15, -0.1) is 10.2 Å². The summed E-state index contributed by atoms with van der Waals surface area (Å²) in [7, 11) is 0. The van der Waals surface area contributed by atoms with Gasteiger partial charge >= 0.3 is 6.09 Å². The second-order valence-electron chi connectivity index (χ2n) is 6.88. The van der Waals surface area contributed by atoms with Gasteiger partial charge in [0.05, 0.1) is 0 Å². The molecule has 0 saturated heterocycles. The van der Waals surface area contributed by atoms with E-state index < -0.39 is 17.7 Å². The molecule has 1 aromatic heterocycles. The zero-order valence-corrected chi connectivity index (χ0v) is 18.5. The first-order chi connectivity index (χ1) is 13.2. The lowest BCUT2D eigenvalue weighted by atomic mass is 10.2. The van der Waals surface area contributed by atoms with Gasteiger partial charge in [0.2, 0.25) is 5.89 Å². The van der Waals surface area contributed by atoms with Crippen LogP contribution in [0, 0.1) is 5.82 Å². The van der Waals surface area contributed by atoms with Gasteiger partial charge in [-0.2, -0.15) is 11.8 Å². The molecule has 2 aromatic rings. The predicted molar refractivity (Wildman–Crippen MR) is 110 cm³/mol. The maximum absolute atomic E-state index is 13.9. The molecule has 0 spiro atoms. The summed E-state index contributed by atoms with van der Waals surface area (Å²) in [6.45, 7) is 5.37. The topological polar surface area (TPSA) is 77.2 Å². The van der Waals surface area contributed by atoms with Crippen LogP contribution in [0.5, 0.6) is 0 Å². The van der Waals surface area contributed by atoms with E-state index in [0.717, 1.165) is 5.75 Å². The molecular weight excluding hydrogens is 425 g/mol. The molecule has 0 saturated carbocycles. The minimum atomic E-state index is -0.608. The number of rotatable bonds is 8. The molecule has 1 atom stereocenters. The van der Waals surface area contributed by atoms with Crippen molar-refractivity contribution in [3.05, 3.63) is 40.5 Å². The van der Waals surface area contributed by atoms with Gasteiger partial charge in [0, 0.05) is 16.3 Å². The highest BCUT2D eigenvalue weighted by Gasteiger charge is 2.24. The van der Waals surface area contributed by atoms with Crippen molar-refractivity contribution in [3.63, 3.8) is 0 Å². The molecule has 1 N–H and O–H groups in total. The summed E-state index contributed by atoms with van der Waals surface area (Å²) in [4.78, 5) is 12.1. The predicted octanol–water partition coefficient (Wildman–Crippen LogP) is 5.47. The highest BCUT2D eigenvalue weighted by atomic mass is 35.5. The van der Waals surface area contributed by atoms with E-state index in [1.807, 2.05) is 6.26 Å². The van der Waals surface area contributed by atoms with Crippen LogP contribution in [0.1, 0.15) is 44.7 Å². The average molecular weight is 448 g/mol. The molecule has 1 heterocycles. The first kappa shape index (κ1) is 22.8. The smallest absolute Gasteiger partial charge is 0.408 e. The Balaban J connectivity index is 2.05. The molecule has 2 rings (SSSR count). The van der Waals surface area contributed by atoms with Gasteiger partial charge in [0.25, 0.3) is 5.22 Å². The highest BCUT2D eigenvalue weighted by molar-refractivity contribution is 7.98. The number of thioether (sulfide) groups is 2. The molecule has 0 radical (unpaired) electrons. The quantitative estimate of drug-likeness (QED) is 0.537. The van der Waals surface area contributed by atoms with Crippen LogP contribution in [0.2, 0.25) is 5.02 Å². The Bertz CT molecular complexity index is 778. The lowest BCUT2D eigenvalue weighted by Gasteiger charge is -2.22. The Morgan fingerprint density at radius 3 is 2.79 bits per heavy atom. The summed E-state index contributed by atoms with van der Waals surface area (Å²) in [6, 6.07) is 4.06. The van der Waals surface area contributed by atoms with Crippen LogP contribution >= 0.6 is 35.1 Å². The fourth-order valence-electron chi connectivity index (χ4n) is 2.17. The van der Waals surface area contributed by atoms with Gasteiger partial charge < -0.3 is 14.5 Å². The maximum Gasteiger partial charge on any atom is 0.408 e. The van der Waals surface area contributed by atoms with Gasteiger partial charge in [0.1, 0.15) is 17.5 Å². The summed E-state index contributed by atoms with van der Waals surface area (Å²) >= 11 is 8.85. The Labute approximate surface area is 177 Å². The SMILES string of the molecule is CSCCC(NC(=O)OC(C)(C)C)c1nnc(SCc2c(F)cccc2Cl)o1. The monoisotopic (exact) mass is 447 g/mol. The Hall–Kier alpha value is -1.45. The maximum atomic E-state index is 13.9. The number of carbonyl (C=O) groups is 1. The highest BCUT2D eigenvalue weighted by Crippen LogP contribution is 2.29. The van der Waals surface area contributed by atoms with Gasteiger partial charge in [-0.3, -0.25) is 0 Å². The number of amides is 1. The van der Waals surface area contributed by atoms with E-state index in [4.69, 9.17) is 20.8 Å². The van der Waals surface area contributed by atoms with E-state index >= 15 is 0 Å². The molecule has 1 amide bonds. The molecule has 154 valence electrons. The second-order valence-corrected chi connectivity index (χ2v) is 9.19. The van der Waals surface area contributed by atoms with Crippen molar-refractivity contribution in [2.45, 2.75) is 49.8 Å². The van der Waals surface area contributed by atoms with E-state index in [2.05, 4.69) is 15.5 Å². The van der Waals surface area contributed by atoms with E-state index in [0.29, 0.717) is 17.0 Å². The van der Waals surface area contributed by atoms with Gasteiger partial charge in [0.15, 0.2) is 0 Å². The number of nitrogens with one attached hydrogen (secondary N) is 1. The molecule has 1 unspecified atom stereocenters. The lowest BCUT2D eigenvalue weighted by Crippen LogP contribution is -2.35. The first-order valence-electron chi connectivity index (χ1n) is 8.57. The molecule has 0 aliphatic heterocycles. The van der Waals surface area contributed by atoms with E-state index in [1.54, 1.807) is 44.7 Å². The molecule has 1 aromatic carbocycles. The van der Waals surface area contributed by atoms with E-state index in [9.17, 15) is 9.18 Å². The van der Waals surface area contributed by atoms with Crippen molar-refractivity contribution in [1.29, 1.82) is 0 Å². The van der Waals surface area contributed by atoms with Gasteiger partial charge in [-0.25, -0.2) is 9.18 Å². The largest absolute Gasteiger partial charge is 0.444 e. The molecule has 0 aliphatic carbocycles. The van der Waals surface area contributed by atoms with Gasteiger partial charge in [-0.1, -0.05) is 29.4 Å². The van der Waals surface area contributed by atoms with E-state index in [-0.39, 0.29) is 22.7 Å². The average Bonchev–Trinajstić information content (AvgIpc) is 3.05. The number of hydrogen-bond acceptors (Lipinski definition) is 7. The van der Waals surface area contributed by atoms with Crippen molar-refractivity contribution < 1.29 is 18.3 Å². The third-order valence-corrected chi connectivity index (χ3v) is 5.27. The van der Waals surface area contributed by atoms with Crippen molar-refractivity contribution in [3.8, 4) is 0 Å². The summed E-state index contributed by atoms with van der Waals surface area (Å²) in [6.07, 6.45) is 2.02. The second kappa shape index (κ2) is 10.4. The minimum absolute atomic E-state index is 0.252. The van der Waals surface area contributed by atoms with Crippen LogP contribution < -0.4 is 5.32 Å². The minimum Gasteiger partial charge on any atom is -0.444 e. The number of benzene rings is 1. The van der Waals surface area contributed by atoms with Gasteiger partial charge in [-0.05, 0) is 51.3 Å². The van der Waals surface area contributed by atoms with Crippen molar-refractivity contribution in [2.24, 2.45) is 0 Å². The number of aromatic nitrogens is 2. The number of halogens is 2. The molecule has 28 heavy (non-hydrogen) atoms. The molecule has 0 fully saturated rings. The summed E-state index contributed by atoms with van der Waals surface area (Å²) in [5, 5.41) is 11.4.